The van der Waals surface area contributed by atoms with Crippen LogP contribution in [0, 0.1) is 0 Å². The van der Waals surface area contributed by atoms with E-state index in [-0.39, 0.29) is 5.96 Å². The van der Waals surface area contributed by atoms with Crippen LogP contribution in [-0.2, 0) is 0 Å². The average molecular weight is 235 g/mol. The number of rotatable bonds is 2. The predicted octanol–water partition coefficient (Wildman–Crippen LogP) is 0.429. The molecule has 4 N–H and O–H groups in total. The minimum absolute atomic E-state index is 0.145. The summed E-state index contributed by atoms with van der Waals surface area (Å²) in [6, 6.07) is 9.64. The van der Waals surface area contributed by atoms with Crippen molar-refractivity contribution >= 4 is 29.5 Å². The lowest BCUT2D eigenvalue weighted by molar-refractivity contribution is 1.01. The molecule has 0 unspecified atom stereocenters. The minimum atomic E-state index is 0.145. The molecule has 0 aromatic heterocycles. The smallest absolute Gasteiger partial charge is 0.216 e. The van der Waals surface area contributed by atoms with Crippen LogP contribution >= 0.6 is 12.2 Å². The second-order valence-electron chi connectivity index (χ2n) is 2.83. The number of aliphatic imine (C=N–C) groups is 1. The second-order valence-corrected chi connectivity index (χ2v) is 3.22. The molecule has 6 heteroatoms. The molecule has 16 heavy (non-hydrogen) atoms. The largest absolute Gasteiger partial charge is 0.368 e. The first kappa shape index (κ1) is 12.1. The van der Waals surface area contributed by atoms with E-state index in [1.54, 1.807) is 13.3 Å². The zero-order chi connectivity index (χ0) is 11.8. The molecule has 0 radical (unpaired) electrons. The van der Waals surface area contributed by atoms with Crippen molar-refractivity contribution in [1.29, 1.82) is 0 Å². The van der Waals surface area contributed by atoms with Gasteiger partial charge in [0.1, 0.15) is 0 Å². The van der Waals surface area contributed by atoms with Crippen LogP contribution in [-0.4, -0.2) is 24.3 Å². The molecule has 0 saturated carbocycles. The van der Waals surface area contributed by atoms with E-state index in [1.165, 1.54) is 0 Å². The maximum Gasteiger partial charge on any atom is 0.216 e. The Hall–Kier alpha value is -1.95. The lowest BCUT2D eigenvalue weighted by Crippen LogP contribution is -2.30. The van der Waals surface area contributed by atoms with Gasteiger partial charge in [0.15, 0.2) is 5.11 Å². The molecule has 0 aliphatic rings. The van der Waals surface area contributed by atoms with Crippen LogP contribution in [0.15, 0.2) is 40.4 Å². The standard InChI is InChI=1S/C10H13N5S/c1-12-10(16)14-9(11)15-13-7-8-5-3-2-4-6-8/h2-7H,1H3,(H4,11,12,14,15,16)/b13-7+. The van der Waals surface area contributed by atoms with E-state index < -0.39 is 0 Å². The van der Waals surface area contributed by atoms with Crippen LogP contribution in [0.5, 0.6) is 0 Å². The quantitative estimate of drug-likeness (QED) is 0.301. The van der Waals surface area contributed by atoms with E-state index in [0.717, 1.165) is 5.56 Å². The van der Waals surface area contributed by atoms with Crippen molar-refractivity contribution in [3.63, 3.8) is 0 Å². The van der Waals surface area contributed by atoms with E-state index in [4.69, 9.17) is 18.0 Å². The third kappa shape index (κ3) is 4.52. The van der Waals surface area contributed by atoms with Crippen molar-refractivity contribution in [3.8, 4) is 0 Å². The molecule has 0 fully saturated rings. The van der Waals surface area contributed by atoms with E-state index in [2.05, 4.69) is 20.8 Å². The van der Waals surface area contributed by atoms with Crippen molar-refractivity contribution in [3.05, 3.63) is 35.9 Å². The monoisotopic (exact) mass is 235 g/mol. The topological polar surface area (TPSA) is 74.8 Å². The van der Waals surface area contributed by atoms with Crippen LogP contribution in [0.2, 0.25) is 0 Å². The first-order valence-corrected chi connectivity index (χ1v) is 5.03. The van der Waals surface area contributed by atoms with E-state index in [0.29, 0.717) is 5.11 Å². The molecular formula is C10H13N5S. The van der Waals surface area contributed by atoms with Gasteiger partial charge in [0, 0.05) is 7.05 Å². The summed E-state index contributed by atoms with van der Waals surface area (Å²) < 4.78 is 0. The zero-order valence-corrected chi connectivity index (χ0v) is 9.66. The number of nitrogens with two attached hydrogens (primary N) is 1. The lowest BCUT2D eigenvalue weighted by atomic mass is 10.2. The summed E-state index contributed by atoms with van der Waals surface area (Å²) in [6.07, 6.45) is 1.64. The Bertz CT molecular complexity index is 399. The summed E-state index contributed by atoms with van der Waals surface area (Å²) >= 11 is 4.80. The molecule has 1 aromatic rings. The number of hydrogen-bond donors (Lipinski definition) is 3. The van der Waals surface area contributed by atoms with Crippen LogP contribution in [0.4, 0.5) is 0 Å². The van der Waals surface area contributed by atoms with Gasteiger partial charge in [-0.2, -0.15) is 10.1 Å². The van der Waals surface area contributed by atoms with Gasteiger partial charge >= 0.3 is 0 Å². The SMILES string of the molecule is CNC(=S)/N=C(\N)N/N=C/c1ccccc1. The van der Waals surface area contributed by atoms with Gasteiger partial charge < -0.3 is 11.1 Å². The van der Waals surface area contributed by atoms with E-state index in [9.17, 15) is 0 Å². The highest BCUT2D eigenvalue weighted by Gasteiger charge is 1.90. The van der Waals surface area contributed by atoms with Gasteiger partial charge in [0.25, 0.3) is 0 Å². The number of hydrazone groups is 1. The second kappa shape index (κ2) is 6.52. The molecule has 0 bridgehead atoms. The summed E-state index contributed by atoms with van der Waals surface area (Å²) in [5.41, 5.74) is 9.05. The molecule has 84 valence electrons. The third-order valence-electron chi connectivity index (χ3n) is 1.63. The number of thiocarbonyl (C=S) groups is 1. The molecule has 0 aliphatic heterocycles. The van der Waals surface area contributed by atoms with Crippen LogP contribution in [0.25, 0.3) is 0 Å². The highest BCUT2D eigenvalue weighted by Crippen LogP contribution is 1.92. The van der Waals surface area contributed by atoms with Gasteiger partial charge in [-0.1, -0.05) is 30.3 Å². The molecule has 0 spiro atoms. The van der Waals surface area contributed by atoms with Gasteiger partial charge in [-0.3, -0.25) is 0 Å². The molecular weight excluding hydrogens is 222 g/mol. The Morgan fingerprint density at radius 3 is 2.69 bits per heavy atom. The number of nitrogens with one attached hydrogen (secondary N) is 2. The van der Waals surface area contributed by atoms with Crippen LogP contribution in [0.3, 0.4) is 0 Å². The maximum atomic E-state index is 5.51. The third-order valence-corrected chi connectivity index (χ3v) is 1.92. The average Bonchev–Trinajstić information content (AvgIpc) is 2.30. The molecule has 0 heterocycles. The Kier molecular flexibility index (Phi) is 4.94. The minimum Gasteiger partial charge on any atom is -0.368 e. The van der Waals surface area contributed by atoms with Gasteiger partial charge in [-0.05, 0) is 17.8 Å². The van der Waals surface area contributed by atoms with Crippen LogP contribution in [0.1, 0.15) is 5.56 Å². The van der Waals surface area contributed by atoms with Crippen molar-refractivity contribution < 1.29 is 0 Å². The molecule has 0 aliphatic carbocycles. The Morgan fingerprint density at radius 1 is 1.38 bits per heavy atom. The van der Waals surface area contributed by atoms with Gasteiger partial charge in [0.2, 0.25) is 5.96 Å². The van der Waals surface area contributed by atoms with Crippen LogP contribution < -0.4 is 16.5 Å². The van der Waals surface area contributed by atoms with Crippen molar-refractivity contribution in [2.45, 2.75) is 0 Å². The Labute approximate surface area is 99.5 Å². The zero-order valence-electron chi connectivity index (χ0n) is 8.84. The first-order chi connectivity index (χ1) is 7.72. The summed E-state index contributed by atoms with van der Waals surface area (Å²) in [7, 11) is 1.67. The normalized spacial score (nSPS) is 11.4. The van der Waals surface area contributed by atoms with Crippen molar-refractivity contribution in [2.24, 2.45) is 15.8 Å². The number of guanidine groups is 1. The highest BCUT2D eigenvalue weighted by molar-refractivity contribution is 7.80. The van der Waals surface area contributed by atoms with E-state index in [1.807, 2.05) is 30.3 Å². The molecule has 0 amide bonds. The molecule has 5 nitrogen and oxygen atoms in total. The highest BCUT2D eigenvalue weighted by atomic mass is 32.1. The lowest BCUT2D eigenvalue weighted by Gasteiger charge is -1.99. The van der Waals surface area contributed by atoms with Crippen molar-refractivity contribution in [1.82, 2.24) is 10.7 Å². The first-order valence-electron chi connectivity index (χ1n) is 4.62. The summed E-state index contributed by atoms with van der Waals surface area (Å²) in [4.78, 5) is 3.82. The fourth-order valence-corrected chi connectivity index (χ4v) is 1.00. The number of nitrogens with zero attached hydrogens (tertiary/aromatic N) is 2. The fourth-order valence-electron chi connectivity index (χ4n) is 0.902. The van der Waals surface area contributed by atoms with Gasteiger partial charge in [-0.25, -0.2) is 5.43 Å². The predicted molar refractivity (Wildman–Crippen MR) is 70.5 cm³/mol. The molecule has 0 atom stereocenters. The molecule has 0 saturated heterocycles. The van der Waals surface area contributed by atoms with E-state index >= 15 is 0 Å². The molecule has 1 rings (SSSR count). The Balaban J connectivity index is 2.49. The van der Waals surface area contributed by atoms with Gasteiger partial charge in [0.05, 0.1) is 6.21 Å². The fraction of sp³-hybridized carbons (Fsp3) is 0.100. The Morgan fingerprint density at radius 2 is 2.06 bits per heavy atom. The summed E-state index contributed by atoms with van der Waals surface area (Å²) in [5, 5.41) is 6.89. The maximum absolute atomic E-state index is 5.51. The summed E-state index contributed by atoms with van der Waals surface area (Å²) in [5.74, 6) is 0.145. The summed E-state index contributed by atoms with van der Waals surface area (Å²) in [6.45, 7) is 0. The van der Waals surface area contributed by atoms with Crippen molar-refractivity contribution in [2.75, 3.05) is 7.05 Å². The number of hydrogen-bond acceptors (Lipinski definition) is 2. The molecule has 1 aromatic carbocycles. The number of benzene rings is 1. The van der Waals surface area contributed by atoms with Gasteiger partial charge in [-0.15, -0.1) is 0 Å².